The summed E-state index contributed by atoms with van der Waals surface area (Å²) >= 11 is 11.4. The Kier molecular flexibility index (Phi) is 16.5. The number of aromatic nitrogens is 2. The zero-order valence-electron chi connectivity index (χ0n) is 19.3. The van der Waals surface area contributed by atoms with E-state index in [1.54, 1.807) is 19.9 Å². The van der Waals surface area contributed by atoms with E-state index < -0.39 is 11.8 Å². The molecule has 4 N–H and O–H groups in total. The van der Waals surface area contributed by atoms with E-state index in [1.165, 1.54) is 26.8 Å². The summed E-state index contributed by atoms with van der Waals surface area (Å²) < 4.78 is 0. The first-order valence-corrected chi connectivity index (χ1v) is 9.41. The van der Waals surface area contributed by atoms with Crippen LogP contribution in [0.25, 0.3) is 0 Å². The van der Waals surface area contributed by atoms with Crippen LogP contribution >= 0.6 is 23.2 Å². The molecular formula is C20H21Cl2LiN6O5. The number of pyridine rings is 2. The van der Waals surface area contributed by atoms with Gasteiger partial charge in [0.25, 0.3) is 0 Å². The van der Waals surface area contributed by atoms with Crippen LogP contribution in [0.3, 0.4) is 0 Å². The second kappa shape index (κ2) is 15.8. The maximum Gasteiger partial charge on any atom is 1.00 e. The van der Waals surface area contributed by atoms with E-state index in [0.29, 0.717) is 11.3 Å². The molecule has 0 aliphatic heterocycles. The zero-order chi connectivity index (χ0) is 23.9. The average Bonchev–Trinajstić information content (AvgIpc) is 2.65. The Morgan fingerprint density at radius 1 is 0.912 bits per heavy atom. The molecule has 176 valence electrons. The van der Waals surface area contributed by atoms with Crippen molar-refractivity contribution in [3.05, 3.63) is 45.0 Å². The van der Waals surface area contributed by atoms with Gasteiger partial charge in [0, 0.05) is 20.8 Å². The normalized spacial score (nSPS) is 8.62. The van der Waals surface area contributed by atoms with Crippen LogP contribution in [-0.2, 0) is 14.4 Å². The molecule has 0 bridgehead atoms. The number of rotatable bonds is 2. The largest absolute Gasteiger partial charge is 1.00 e. The van der Waals surface area contributed by atoms with Gasteiger partial charge in [-0.1, -0.05) is 23.2 Å². The minimum Gasteiger partial charge on any atom is -0.870 e. The first kappa shape index (κ1) is 35.6. The van der Waals surface area contributed by atoms with Crippen molar-refractivity contribution < 1.29 is 44.2 Å². The maximum atomic E-state index is 11.4. The molecule has 0 aliphatic rings. The van der Waals surface area contributed by atoms with Crippen molar-refractivity contribution >= 4 is 52.3 Å². The molecule has 2 aromatic rings. The maximum absolute atomic E-state index is 11.4. The van der Waals surface area contributed by atoms with Crippen molar-refractivity contribution in [3.63, 3.8) is 0 Å². The van der Waals surface area contributed by atoms with Crippen LogP contribution in [0, 0.1) is 36.5 Å². The van der Waals surface area contributed by atoms with E-state index in [4.69, 9.17) is 33.7 Å². The van der Waals surface area contributed by atoms with Gasteiger partial charge in [0.2, 0.25) is 17.7 Å². The molecule has 0 aromatic carbocycles. The summed E-state index contributed by atoms with van der Waals surface area (Å²) in [6, 6.07) is 6.79. The first-order chi connectivity index (χ1) is 14.4. The van der Waals surface area contributed by atoms with Gasteiger partial charge in [-0.3, -0.25) is 14.4 Å². The summed E-state index contributed by atoms with van der Waals surface area (Å²) in [6.45, 7) is 7.27. The standard InChI is InChI=1S/C11H10ClN3O2.C9H8ClN3O.Li.2H2O/c1-6-4-10(12)14-9(5-13)11(6)15(7(2)16)8(3)17;1-5-3-8(10)13-7(4-11)9(5)12-6(2)14;;;/h4H,1-3H3;3H,1-2H3,(H,12,14);;2*1H2/q;;+1;;/p-1. The molecule has 0 radical (unpaired) electrons. The number of aryl methyl sites for hydroxylation is 2. The number of nitrogens with zero attached hydrogens (tertiary/aromatic N) is 5. The van der Waals surface area contributed by atoms with E-state index in [1.807, 2.05) is 12.1 Å². The Balaban J connectivity index is -0.000000527. The molecule has 14 heteroatoms. The summed E-state index contributed by atoms with van der Waals surface area (Å²) in [5.74, 6) is -1.18. The number of amides is 3. The van der Waals surface area contributed by atoms with Crippen molar-refractivity contribution in [3.8, 4) is 12.1 Å². The molecular weight excluding hydrogens is 482 g/mol. The van der Waals surface area contributed by atoms with Crippen LogP contribution < -0.4 is 29.1 Å². The predicted molar refractivity (Wildman–Crippen MR) is 121 cm³/mol. The molecule has 0 aliphatic carbocycles. The molecule has 2 rings (SSSR count). The van der Waals surface area contributed by atoms with Crippen LogP contribution in [0.4, 0.5) is 11.4 Å². The average molecular weight is 503 g/mol. The Morgan fingerprint density at radius 3 is 1.71 bits per heavy atom. The number of nitrogens with one attached hydrogen (secondary N) is 1. The number of anilines is 2. The zero-order valence-corrected chi connectivity index (χ0v) is 20.8. The number of imide groups is 1. The number of carbonyl (C=O) groups excluding carboxylic acids is 3. The van der Waals surface area contributed by atoms with Gasteiger partial charge in [0.1, 0.15) is 22.4 Å². The van der Waals surface area contributed by atoms with Crippen LogP contribution in [-0.4, -0.2) is 38.6 Å². The first-order valence-electron chi connectivity index (χ1n) is 8.66. The summed E-state index contributed by atoms with van der Waals surface area (Å²) in [5, 5.41) is 20.6. The molecule has 0 saturated carbocycles. The van der Waals surface area contributed by atoms with Gasteiger partial charge < -0.3 is 16.3 Å². The molecule has 0 unspecified atom stereocenters. The van der Waals surface area contributed by atoms with Crippen molar-refractivity contribution in [1.29, 1.82) is 10.5 Å². The molecule has 0 atom stereocenters. The summed E-state index contributed by atoms with van der Waals surface area (Å²) in [4.78, 5) is 42.2. The van der Waals surface area contributed by atoms with E-state index in [-0.39, 0.29) is 63.1 Å². The van der Waals surface area contributed by atoms with Gasteiger partial charge in [-0.25, -0.2) is 14.9 Å². The van der Waals surface area contributed by atoms with Crippen molar-refractivity contribution in [2.24, 2.45) is 0 Å². The Hall–Kier alpha value is -3.01. The van der Waals surface area contributed by atoms with Crippen molar-refractivity contribution in [2.75, 3.05) is 10.2 Å². The van der Waals surface area contributed by atoms with Gasteiger partial charge >= 0.3 is 18.9 Å². The third-order valence-corrected chi connectivity index (χ3v) is 4.09. The van der Waals surface area contributed by atoms with Gasteiger partial charge in [0.15, 0.2) is 11.4 Å². The van der Waals surface area contributed by atoms with E-state index in [0.717, 1.165) is 10.5 Å². The Bertz CT molecular complexity index is 1130. The Labute approximate surface area is 218 Å². The van der Waals surface area contributed by atoms with Crippen LogP contribution in [0.5, 0.6) is 0 Å². The van der Waals surface area contributed by atoms with Crippen LogP contribution in [0.15, 0.2) is 12.1 Å². The molecule has 34 heavy (non-hydrogen) atoms. The third-order valence-electron chi connectivity index (χ3n) is 3.70. The molecule has 0 fully saturated rings. The summed E-state index contributed by atoms with van der Waals surface area (Å²) in [7, 11) is 0. The van der Waals surface area contributed by atoms with Gasteiger partial charge in [0.05, 0.1) is 11.4 Å². The molecule has 0 saturated heterocycles. The molecule has 11 nitrogen and oxygen atoms in total. The topological polar surface area (TPSA) is 201 Å². The fraction of sp³-hybridized carbons (Fsp3) is 0.250. The van der Waals surface area contributed by atoms with E-state index in [9.17, 15) is 14.4 Å². The van der Waals surface area contributed by atoms with Crippen molar-refractivity contribution in [1.82, 2.24) is 9.97 Å². The predicted octanol–water partition coefficient (Wildman–Crippen LogP) is -0.310. The van der Waals surface area contributed by atoms with Crippen molar-refractivity contribution in [2.45, 2.75) is 34.6 Å². The number of hydrogen-bond donors (Lipinski definition) is 1. The number of nitriles is 2. The second-order valence-electron chi connectivity index (χ2n) is 6.22. The molecule has 0 spiro atoms. The minimum absolute atomic E-state index is 0. The van der Waals surface area contributed by atoms with Gasteiger partial charge in [-0.15, -0.1) is 0 Å². The monoisotopic (exact) mass is 502 g/mol. The third kappa shape index (κ3) is 9.46. The molecule has 2 heterocycles. The van der Waals surface area contributed by atoms with Crippen LogP contribution in [0.1, 0.15) is 43.3 Å². The number of halogens is 2. The smallest absolute Gasteiger partial charge is 0.870 e. The number of hydrogen-bond acceptors (Lipinski definition) is 8. The molecule has 2 aromatic heterocycles. The summed E-state index contributed by atoms with van der Waals surface area (Å²) in [6.07, 6.45) is 0. The van der Waals surface area contributed by atoms with E-state index in [2.05, 4.69) is 15.3 Å². The van der Waals surface area contributed by atoms with Gasteiger partial charge in [-0.05, 0) is 37.1 Å². The minimum atomic E-state index is -0.471. The number of carbonyl (C=O) groups is 3. The molecule has 3 amide bonds. The second-order valence-corrected chi connectivity index (χ2v) is 7.00. The van der Waals surface area contributed by atoms with Gasteiger partial charge in [-0.2, -0.15) is 10.5 Å². The fourth-order valence-electron chi connectivity index (χ4n) is 2.57. The quantitative estimate of drug-likeness (QED) is 0.424. The summed E-state index contributed by atoms with van der Waals surface area (Å²) in [5.41, 5.74) is 1.97. The van der Waals surface area contributed by atoms with Crippen LogP contribution in [0.2, 0.25) is 10.3 Å². The SMILES string of the molecule is CC(=O)N(C(C)=O)c1c(C)cc(Cl)nc1C#N.CC(=O)Nc1c(C)cc(Cl)nc1C#N.O.[Li+].[OH-]. The Morgan fingerprint density at radius 2 is 1.32 bits per heavy atom. The fourth-order valence-corrected chi connectivity index (χ4v) is 3.07. The van der Waals surface area contributed by atoms with E-state index >= 15 is 0 Å².